The Kier molecular flexibility index (Phi) is 5.47. The van der Waals surface area contributed by atoms with Gasteiger partial charge in [0.1, 0.15) is 6.07 Å². The van der Waals surface area contributed by atoms with Crippen molar-refractivity contribution in [3.05, 3.63) is 23.8 Å². The molecule has 0 amide bonds. The number of rotatable bonds is 6. The maximum absolute atomic E-state index is 8.78. The minimum atomic E-state index is 0.528. The number of nitrogens with one attached hydrogen (secondary N) is 1. The molecule has 0 aliphatic heterocycles. The smallest absolute Gasteiger partial charge is 0.101 e. The molecule has 1 rings (SSSR count). The van der Waals surface area contributed by atoms with Crippen LogP contribution in [0.5, 0.6) is 0 Å². The van der Waals surface area contributed by atoms with E-state index in [1.165, 1.54) is 0 Å². The van der Waals surface area contributed by atoms with E-state index in [0.29, 0.717) is 17.3 Å². The van der Waals surface area contributed by atoms with E-state index >= 15 is 0 Å². The molecule has 0 atom stereocenters. The minimum Gasteiger partial charge on any atom is -0.398 e. The van der Waals surface area contributed by atoms with Gasteiger partial charge in [-0.2, -0.15) is 5.26 Å². The number of nitrogens with two attached hydrogens (primary N) is 1. The first-order valence-corrected chi connectivity index (χ1v) is 6.28. The topological polar surface area (TPSA) is 65.1 Å². The fourth-order valence-corrected chi connectivity index (χ4v) is 1.59. The minimum absolute atomic E-state index is 0.528. The van der Waals surface area contributed by atoms with Crippen molar-refractivity contribution in [1.29, 1.82) is 5.26 Å². The van der Waals surface area contributed by atoms with E-state index in [1.54, 1.807) is 6.07 Å². The molecule has 0 aliphatic rings. The third kappa shape index (κ3) is 4.27. The number of nitrogen functional groups attached to an aromatic ring is 1. The fraction of sp³-hybridized carbons (Fsp3) is 0.500. The molecule has 0 saturated heterocycles. The quantitative estimate of drug-likeness (QED) is 0.597. The molecule has 18 heavy (non-hydrogen) atoms. The number of nitriles is 1. The van der Waals surface area contributed by atoms with E-state index < -0.39 is 0 Å². The van der Waals surface area contributed by atoms with Crippen LogP contribution in [-0.2, 0) is 0 Å². The SMILES string of the molecule is CC(C)N(C)CCCNc1ccc(C#N)c(N)c1. The maximum atomic E-state index is 8.78. The average Bonchev–Trinajstić information content (AvgIpc) is 2.34. The van der Waals surface area contributed by atoms with Crippen LogP contribution in [-0.4, -0.2) is 31.1 Å². The molecule has 4 nitrogen and oxygen atoms in total. The molecule has 0 unspecified atom stereocenters. The molecule has 0 spiro atoms. The summed E-state index contributed by atoms with van der Waals surface area (Å²) in [7, 11) is 2.13. The van der Waals surface area contributed by atoms with E-state index in [0.717, 1.165) is 25.2 Å². The maximum Gasteiger partial charge on any atom is 0.101 e. The molecule has 0 bridgehead atoms. The Morgan fingerprint density at radius 3 is 2.72 bits per heavy atom. The van der Waals surface area contributed by atoms with Crippen LogP contribution in [0, 0.1) is 11.3 Å². The second kappa shape index (κ2) is 6.87. The van der Waals surface area contributed by atoms with Gasteiger partial charge in [-0.15, -0.1) is 0 Å². The molecular weight excluding hydrogens is 224 g/mol. The summed E-state index contributed by atoms with van der Waals surface area (Å²) in [6, 6.07) is 8.08. The third-order valence-corrected chi connectivity index (χ3v) is 3.07. The van der Waals surface area contributed by atoms with Crippen molar-refractivity contribution in [1.82, 2.24) is 4.90 Å². The summed E-state index contributed by atoms with van der Waals surface area (Å²) in [5, 5.41) is 12.1. The number of anilines is 2. The molecule has 4 heteroatoms. The molecule has 1 aromatic carbocycles. The largest absolute Gasteiger partial charge is 0.398 e. The van der Waals surface area contributed by atoms with Crippen molar-refractivity contribution in [3.63, 3.8) is 0 Å². The van der Waals surface area contributed by atoms with Crippen LogP contribution in [0.4, 0.5) is 11.4 Å². The Bertz CT molecular complexity index is 420. The molecule has 98 valence electrons. The highest BCUT2D eigenvalue weighted by molar-refractivity contribution is 5.62. The molecule has 0 fully saturated rings. The van der Waals surface area contributed by atoms with E-state index in [9.17, 15) is 0 Å². The van der Waals surface area contributed by atoms with Crippen LogP contribution in [0.25, 0.3) is 0 Å². The predicted molar refractivity (Wildman–Crippen MR) is 76.4 cm³/mol. The third-order valence-electron chi connectivity index (χ3n) is 3.07. The molecule has 0 saturated carbocycles. The van der Waals surface area contributed by atoms with Gasteiger partial charge in [0.05, 0.1) is 11.3 Å². The Balaban J connectivity index is 2.36. The van der Waals surface area contributed by atoms with Crippen molar-refractivity contribution in [2.45, 2.75) is 26.3 Å². The highest BCUT2D eigenvalue weighted by Gasteiger charge is 2.02. The summed E-state index contributed by atoms with van der Waals surface area (Å²) >= 11 is 0. The second-order valence-corrected chi connectivity index (χ2v) is 4.77. The van der Waals surface area contributed by atoms with Gasteiger partial charge in [-0.1, -0.05) is 0 Å². The van der Waals surface area contributed by atoms with Crippen LogP contribution in [0.3, 0.4) is 0 Å². The number of nitrogens with zero attached hydrogens (tertiary/aromatic N) is 2. The average molecular weight is 246 g/mol. The molecule has 0 aromatic heterocycles. The lowest BCUT2D eigenvalue weighted by molar-refractivity contribution is 0.273. The van der Waals surface area contributed by atoms with Gasteiger partial charge in [-0.3, -0.25) is 0 Å². The molecule has 1 aromatic rings. The summed E-state index contributed by atoms with van der Waals surface area (Å²) in [5.41, 5.74) is 7.78. The van der Waals surface area contributed by atoms with Crippen LogP contribution >= 0.6 is 0 Å². The lowest BCUT2D eigenvalue weighted by Gasteiger charge is -2.20. The predicted octanol–water partition coefficient (Wildman–Crippen LogP) is 2.28. The van der Waals surface area contributed by atoms with E-state index in [1.807, 2.05) is 12.1 Å². The molecule has 0 heterocycles. The highest BCUT2D eigenvalue weighted by Crippen LogP contribution is 2.16. The first-order chi connectivity index (χ1) is 8.54. The first-order valence-electron chi connectivity index (χ1n) is 6.28. The van der Waals surface area contributed by atoms with E-state index in [2.05, 4.69) is 37.2 Å². The Hall–Kier alpha value is -1.73. The Labute approximate surface area is 109 Å². The zero-order valence-electron chi connectivity index (χ0n) is 11.4. The lowest BCUT2D eigenvalue weighted by atomic mass is 10.2. The van der Waals surface area contributed by atoms with Gasteiger partial charge in [0.2, 0.25) is 0 Å². The van der Waals surface area contributed by atoms with Gasteiger partial charge in [-0.05, 0) is 52.1 Å². The van der Waals surface area contributed by atoms with Crippen molar-refractivity contribution >= 4 is 11.4 Å². The lowest BCUT2D eigenvalue weighted by Crippen LogP contribution is -2.28. The number of hydrogen-bond acceptors (Lipinski definition) is 4. The van der Waals surface area contributed by atoms with Gasteiger partial charge in [-0.25, -0.2) is 0 Å². The number of benzene rings is 1. The highest BCUT2D eigenvalue weighted by atomic mass is 15.1. The summed E-state index contributed by atoms with van der Waals surface area (Å²) in [6.45, 7) is 6.35. The Morgan fingerprint density at radius 2 is 2.17 bits per heavy atom. The van der Waals surface area contributed by atoms with E-state index in [-0.39, 0.29) is 0 Å². The fourth-order valence-electron chi connectivity index (χ4n) is 1.59. The van der Waals surface area contributed by atoms with Crippen LogP contribution in [0.1, 0.15) is 25.8 Å². The van der Waals surface area contributed by atoms with Crippen molar-refractivity contribution in [2.75, 3.05) is 31.2 Å². The molecule has 0 radical (unpaired) electrons. The van der Waals surface area contributed by atoms with Gasteiger partial charge in [0.15, 0.2) is 0 Å². The van der Waals surface area contributed by atoms with Crippen LogP contribution in [0.15, 0.2) is 18.2 Å². The molecule has 0 aliphatic carbocycles. The summed E-state index contributed by atoms with van der Waals surface area (Å²) < 4.78 is 0. The van der Waals surface area contributed by atoms with Crippen molar-refractivity contribution in [3.8, 4) is 6.07 Å². The first kappa shape index (κ1) is 14.3. The molecule has 3 N–H and O–H groups in total. The van der Waals surface area contributed by atoms with Gasteiger partial charge in [0.25, 0.3) is 0 Å². The van der Waals surface area contributed by atoms with Crippen LogP contribution in [0.2, 0.25) is 0 Å². The van der Waals surface area contributed by atoms with E-state index in [4.69, 9.17) is 11.0 Å². The second-order valence-electron chi connectivity index (χ2n) is 4.77. The zero-order chi connectivity index (χ0) is 13.5. The monoisotopic (exact) mass is 246 g/mol. The zero-order valence-corrected chi connectivity index (χ0v) is 11.4. The van der Waals surface area contributed by atoms with Gasteiger partial charge in [0, 0.05) is 18.3 Å². The summed E-state index contributed by atoms with van der Waals surface area (Å²) in [4.78, 5) is 2.31. The number of hydrogen-bond donors (Lipinski definition) is 2. The Morgan fingerprint density at radius 1 is 1.44 bits per heavy atom. The van der Waals surface area contributed by atoms with Gasteiger partial charge < -0.3 is 16.0 Å². The normalized spacial score (nSPS) is 10.7. The summed E-state index contributed by atoms with van der Waals surface area (Å²) in [6.07, 6.45) is 1.08. The van der Waals surface area contributed by atoms with Gasteiger partial charge >= 0.3 is 0 Å². The van der Waals surface area contributed by atoms with Crippen molar-refractivity contribution < 1.29 is 0 Å². The summed E-state index contributed by atoms with van der Waals surface area (Å²) in [5.74, 6) is 0. The standard InChI is InChI=1S/C14H22N4/c1-11(2)18(3)8-4-7-17-13-6-5-12(10-15)14(16)9-13/h5-6,9,11,17H,4,7-8,16H2,1-3H3. The van der Waals surface area contributed by atoms with Crippen LogP contribution < -0.4 is 11.1 Å². The van der Waals surface area contributed by atoms with Crippen molar-refractivity contribution in [2.24, 2.45) is 0 Å². The molecular formula is C14H22N4.